The number of ketones is 1. The highest BCUT2D eigenvalue weighted by Crippen LogP contribution is 2.45. The number of aliphatic hydroxyl groups is 1. The Bertz CT molecular complexity index is 2030. The number of Topliss-reactive ketones (excluding diaryl/α,β-unsaturated/α-hetero) is 1. The first-order valence-electron chi connectivity index (χ1n) is 15.9. The van der Waals surface area contributed by atoms with Crippen LogP contribution in [0, 0.1) is 0 Å². The van der Waals surface area contributed by atoms with Crippen molar-refractivity contribution in [2.24, 2.45) is 0 Å². The van der Waals surface area contributed by atoms with Gasteiger partial charge in [-0.25, -0.2) is 19.3 Å². The Morgan fingerprint density at radius 2 is 1.40 bits per heavy atom. The number of anilines is 1. The second-order valence-corrected chi connectivity index (χ2v) is 11.8. The van der Waals surface area contributed by atoms with Gasteiger partial charge in [-0.15, -0.1) is 0 Å². The van der Waals surface area contributed by atoms with E-state index in [0.29, 0.717) is 28.2 Å². The van der Waals surface area contributed by atoms with Crippen LogP contribution in [0.3, 0.4) is 0 Å². The molecule has 3 heterocycles. The molecule has 1 fully saturated rings. The summed E-state index contributed by atoms with van der Waals surface area (Å²) in [4.78, 5) is 27.1. The van der Waals surface area contributed by atoms with E-state index < -0.39 is 42.1 Å². The molecule has 12 heteroatoms. The summed E-state index contributed by atoms with van der Waals surface area (Å²) in [6, 6.07) is 32.4. The first-order valence-corrected chi connectivity index (χ1v) is 15.9. The van der Waals surface area contributed by atoms with Crippen molar-refractivity contribution in [1.82, 2.24) is 19.5 Å². The third-order valence-electron chi connectivity index (χ3n) is 8.99. The van der Waals surface area contributed by atoms with E-state index >= 15 is 4.39 Å². The molecule has 1 aliphatic heterocycles. The van der Waals surface area contributed by atoms with Gasteiger partial charge in [0.2, 0.25) is 0 Å². The molecule has 3 N–H and O–H groups in total. The zero-order valence-electron chi connectivity index (χ0n) is 27.2. The number of nitrogens with zero attached hydrogens (tertiary/aromatic N) is 4. The molecular weight excluding hydrogens is 641 g/mol. The van der Waals surface area contributed by atoms with Gasteiger partial charge >= 0.3 is 0 Å². The van der Waals surface area contributed by atoms with Crippen molar-refractivity contribution in [3.05, 3.63) is 144 Å². The lowest BCUT2D eigenvalue weighted by molar-refractivity contribution is -0.126. The Labute approximate surface area is 287 Å². The van der Waals surface area contributed by atoms with Gasteiger partial charge < -0.3 is 29.8 Å². The molecular formula is C38H34FN5O6. The highest BCUT2D eigenvalue weighted by Gasteiger charge is 2.54. The predicted molar refractivity (Wildman–Crippen MR) is 183 cm³/mol. The van der Waals surface area contributed by atoms with E-state index in [-0.39, 0.29) is 22.5 Å². The minimum absolute atomic E-state index is 0.103. The van der Waals surface area contributed by atoms with Crippen molar-refractivity contribution in [2.75, 3.05) is 20.0 Å². The van der Waals surface area contributed by atoms with Crippen LogP contribution in [0.1, 0.15) is 33.3 Å². The number of rotatable bonds is 11. The molecule has 1 unspecified atom stereocenters. The quantitative estimate of drug-likeness (QED) is 0.138. The van der Waals surface area contributed by atoms with Crippen LogP contribution in [-0.4, -0.2) is 69.1 Å². The fourth-order valence-corrected chi connectivity index (χ4v) is 6.45. The molecule has 2 aromatic heterocycles. The van der Waals surface area contributed by atoms with E-state index in [1.54, 1.807) is 68.8 Å². The molecule has 0 bridgehead atoms. The van der Waals surface area contributed by atoms with Crippen molar-refractivity contribution in [3.63, 3.8) is 0 Å². The number of nitrogen functional groups attached to an aromatic ring is 1. The van der Waals surface area contributed by atoms with E-state index in [9.17, 15) is 9.90 Å². The number of carbonyl (C=O) groups is 1. The summed E-state index contributed by atoms with van der Waals surface area (Å²) in [7, 11) is 3.14. The van der Waals surface area contributed by atoms with Crippen LogP contribution in [0.5, 0.6) is 11.5 Å². The predicted octanol–water partition coefficient (Wildman–Crippen LogP) is 5.28. The summed E-state index contributed by atoms with van der Waals surface area (Å²) < 4.78 is 42.1. The summed E-state index contributed by atoms with van der Waals surface area (Å²) in [6.07, 6.45) is -5.70. The van der Waals surface area contributed by atoms with E-state index in [2.05, 4.69) is 15.0 Å². The lowest BCUT2D eigenvalue weighted by Crippen LogP contribution is -2.49. The molecule has 6 aromatic rings. The average Bonchev–Trinajstić information content (AvgIpc) is 3.73. The normalized spacial score (nSPS) is 19.7. The lowest BCUT2D eigenvalue weighted by atomic mass is 9.79. The van der Waals surface area contributed by atoms with Gasteiger partial charge in [-0.1, -0.05) is 84.9 Å². The van der Waals surface area contributed by atoms with Crippen molar-refractivity contribution < 1.29 is 33.2 Å². The number of hydrogen-bond donors (Lipinski definition) is 2. The fraction of sp³-hybridized carbons (Fsp3) is 0.211. The van der Waals surface area contributed by atoms with Gasteiger partial charge in [0.05, 0.1) is 20.5 Å². The van der Waals surface area contributed by atoms with Gasteiger partial charge in [-0.2, -0.15) is 0 Å². The first-order chi connectivity index (χ1) is 24.3. The monoisotopic (exact) mass is 675 g/mol. The molecule has 0 amide bonds. The van der Waals surface area contributed by atoms with E-state index in [0.717, 1.165) is 0 Å². The molecule has 0 radical (unpaired) electrons. The maximum atomic E-state index is 16.3. The number of alkyl halides is 1. The Balaban J connectivity index is 1.42. The van der Waals surface area contributed by atoms with E-state index in [1.807, 2.05) is 54.6 Å². The van der Waals surface area contributed by atoms with Crippen LogP contribution in [0.15, 0.2) is 122 Å². The number of imidazole rings is 1. The molecule has 50 heavy (non-hydrogen) atoms. The summed E-state index contributed by atoms with van der Waals surface area (Å²) in [5, 5.41) is 11.6. The number of methoxy groups -OCH3 is 2. The molecule has 7 rings (SSSR count). The number of aliphatic hydroxyl groups excluding tert-OH is 1. The summed E-state index contributed by atoms with van der Waals surface area (Å²) in [5.41, 5.74) is 7.16. The number of ether oxygens (including phenoxy) is 4. The Kier molecular flexibility index (Phi) is 8.98. The maximum Gasteiger partial charge on any atom is 0.194 e. The smallest absolute Gasteiger partial charge is 0.194 e. The van der Waals surface area contributed by atoms with Crippen LogP contribution in [-0.2, 0) is 15.1 Å². The maximum absolute atomic E-state index is 16.3. The van der Waals surface area contributed by atoms with Gasteiger partial charge in [0.15, 0.2) is 35.8 Å². The number of nitrogens with two attached hydrogens (primary N) is 1. The SMILES string of the molecule is COc1ccc(C(OC(C(=O)c2ccccc2)[C@H]2O[C@@H](n3cnc4c(N)ncnc43)[C@H](F)[C@@H]2O)(c2ccccc2)c2ccc(OC)cc2)cc1. The molecule has 5 atom stereocenters. The van der Waals surface area contributed by atoms with Crippen LogP contribution in [0.25, 0.3) is 11.2 Å². The minimum Gasteiger partial charge on any atom is -0.497 e. The molecule has 0 saturated carbocycles. The molecule has 0 aliphatic carbocycles. The molecule has 1 aliphatic rings. The Morgan fingerprint density at radius 1 is 0.840 bits per heavy atom. The largest absolute Gasteiger partial charge is 0.497 e. The molecule has 0 spiro atoms. The zero-order chi connectivity index (χ0) is 34.8. The number of benzene rings is 4. The van der Waals surface area contributed by atoms with Crippen LogP contribution in [0.2, 0.25) is 0 Å². The minimum atomic E-state index is -2.00. The van der Waals surface area contributed by atoms with E-state index in [4.69, 9.17) is 24.7 Å². The highest BCUT2D eigenvalue weighted by molar-refractivity contribution is 6.00. The summed E-state index contributed by atoms with van der Waals surface area (Å²) in [5.74, 6) is 0.798. The second kappa shape index (κ2) is 13.7. The third-order valence-corrected chi connectivity index (χ3v) is 8.99. The van der Waals surface area contributed by atoms with Crippen molar-refractivity contribution in [1.29, 1.82) is 0 Å². The van der Waals surface area contributed by atoms with Crippen LogP contribution >= 0.6 is 0 Å². The lowest BCUT2D eigenvalue weighted by Gasteiger charge is -2.40. The van der Waals surface area contributed by atoms with E-state index in [1.165, 1.54) is 17.2 Å². The number of halogens is 1. The summed E-state index contributed by atoms with van der Waals surface area (Å²) >= 11 is 0. The third kappa shape index (κ3) is 5.72. The number of carbonyl (C=O) groups excluding carboxylic acids is 1. The first kappa shape index (κ1) is 32.8. The second-order valence-electron chi connectivity index (χ2n) is 11.8. The van der Waals surface area contributed by atoms with Crippen molar-refractivity contribution in [2.45, 2.75) is 36.3 Å². The molecule has 11 nitrogen and oxygen atoms in total. The average molecular weight is 676 g/mol. The van der Waals surface area contributed by atoms with Gasteiger partial charge in [0.1, 0.15) is 41.2 Å². The Morgan fingerprint density at radius 3 is 1.98 bits per heavy atom. The van der Waals surface area contributed by atoms with Gasteiger partial charge in [0, 0.05) is 5.56 Å². The highest BCUT2D eigenvalue weighted by atomic mass is 19.1. The van der Waals surface area contributed by atoms with Crippen molar-refractivity contribution >= 4 is 22.8 Å². The number of fused-ring (bicyclic) bond motifs is 1. The number of aromatic nitrogens is 4. The Hall–Kier alpha value is -5.69. The topological polar surface area (TPSA) is 144 Å². The van der Waals surface area contributed by atoms with Crippen molar-refractivity contribution in [3.8, 4) is 11.5 Å². The van der Waals surface area contributed by atoms with Crippen LogP contribution < -0.4 is 15.2 Å². The van der Waals surface area contributed by atoms with Gasteiger partial charge in [0.25, 0.3) is 0 Å². The molecule has 1 saturated heterocycles. The van der Waals surface area contributed by atoms with Crippen LogP contribution in [0.4, 0.5) is 10.2 Å². The fourth-order valence-electron chi connectivity index (χ4n) is 6.45. The zero-order valence-corrected chi connectivity index (χ0v) is 27.2. The number of hydrogen-bond acceptors (Lipinski definition) is 10. The summed E-state index contributed by atoms with van der Waals surface area (Å²) in [6.45, 7) is 0. The standard InChI is InChI=1S/C38H34FN5O6/c1-47-27-17-13-25(14-18-27)38(24-11-7-4-8-12-24,26-15-19-28(48-2)20-16-26)50-34(31(45)23-9-5-3-6-10-23)33-32(46)29(39)37(49-33)44-22-43-30-35(40)41-21-42-36(30)44/h3-22,29,32-34,37,46H,1-2H3,(H2,40,41,42)/t29-,32+,33+,34?,37-/m1/s1. The van der Waals surface area contributed by atoms with Gasteiger partial charge in [-0.05, 0) is 41.0 Å². The molecule has 4 aromatic carbocycles. The molecule has 254 valence electrons. The van der Waals surface area contributed by atoms with Gasteiger partial charge in [-0.3, -0.25) is 9.36 Å².